The van der Waals surface area contributed by atoms with Gasteiger partial charge in [0.1, 0.15) is 25.2 Å². The fraction of sp³-hybridized carbons (Fsp3) is 0.536. The van der Waals surface area contributed by atoms with Crippen molar-refractivity contribution in [2.45, 2.75) is 77.3 Å². The summed E-state index contributed by atoms with van der Waals surface area (Å²) in [6, 6.07) is 9.00. The molecule has 0 bridgehead atoms. The highest BCUT2D eigenvalue weighted by Gasteiger charge is 2.34. The summed E-state index contributed by atoms with van der Waals surface area (Å²) in [5.41, 5.74) is 2.26. The van der Waals surface area contributed by atoms with Gasteiger partial charge in [-0.3, -0.25) is 9.36 Å². The maximum Gasteiger partial charge on any atom is 0.328 e. The van der Waals surface area contributed by atoms with E-state index in [9.17, 15) is 9.59 Å². The maximum atomic E-state index is 13.3. The molecule has 1 unspecified atom stereocenters. The molecule has 5 rings (SSSR count). The highest BCUT2D eigenvalue weighted by molar-refractivity contribution is 5.90. The van der Waals surface area contributed by atoms with Crippen LogP contribution in [0.25, 0.3) is 11.2 Å². The van der Waals surface area contributed by atoms with Crippen LogP contribution in [-0.4, -0.2) is 56.6 Å². The molecule has 202 valence electrons. The molecule has 1 aliphatic carbocycles. The summed E-state index contributed by atoms with van der Waals surface area (Å²) < 4.78 is 13.5. The lowest BCUT2D eigenvalue weighted by atomic mass is 10.0. The highest BCUT2D eigenvalue weighted by atomic mass is 16.5. The molecule has 1 aliphatic heterocycles. The Bertz CT molecular complexity index is 1240. The topological polar surface area (TPSA) is 111 Å². The van der Waals surface area contributed by atoms with Crippen LogP contribution in [0, 0.1) is 5.92 Å². The Morgan fingerprint density at radius 2 is 1.95 bits per heavy atom. The number of carbonyl (C=O) groups excluding carboxylic acids is 2. The van der Waals surface area contributed by atoms with Crippen molar-refractivity contribution >= 4 is 28.9 Å². The van der Waals surface area contributed by atoms with Crippen LogP contribution in [0.2, 0.25) is 0 Å². The van der Waals surface area contributed by atoms with Crippen LogP contribution in [0.3, 0.4) is 0 Å². The maximum absolute atomic E-state index is 13.3. The lowest BCUT2D eigenvalue weighted by Crippen LogP contribution is -2.47. The number of amides is 1. The second-order valence-corrected chi connectivity index (χ2v) is 10.5. The summed E-state index contributed by atoms with van der Waals surface area (Å²) in [5, 5.41) is 2.93. The quantitative estimate of drug-likeness (QED) is 0.381. The summed E-state index contributed by atoms with van der Waals surface area (Å²) in [4.78, 5) is 41.8. The van der Waals surface area contributed by atoms with E-state index in [1.165, 1.54) is 6.33 Å². The van der Waals surface area contributed by atoms with Crippen LogP contribution < -0.4 is 10.2 Å². The molecule has 38 heavy (non-hydrogen) atoms. The minimum absolute atomic E-state index is 0.0735. The molecule has 10 nitrogen and oxygen atoms in total. The first kappa shape index (κ1) is 26.1. The number of nitrogens with one attached hydrogen (secondary N) is 1. The Morgan fingerprint density at radius 3 is 2.66 bits per heavy atom. The van der Waals surface area contributed by atoms with Crippen molar-refractivity contribution in [2.75, 3.05) is 18.1 Å². The van der Waals surface area contributed by atoms with Crippen LogP contribution in [0.5, 0.6) is 0 Å². The number of esters is 1. The number of fused-ring (bicyclic) bond motifs is 1. The van der Waals surface area contributed by atoms with Crippen LogP contribution in [0.1, 0.15) is 64.2 Å². The van der Waals surface area contributed by atoms with E-state index in [1.54, 1.807) is 6.33 Å². The molecule has 2 atom stereocenters. The Labute approximate surface area is 222 Å². The van der Waals surface area contributed by atoms with Gasteiger partial charge >= 0.3 is 5.97 Å². The Morgan fingerprint density at radius 1 is 1.13 bits per heavy atom. The lowest BCUT2D eigenvalue weighted by molar-refractivity contribution is -0.149. The first-order valence-corrected chi connectivity index (χ1v) is 13.5. The van der Waals surface area contributed by atoms with Gasteiger partial charge in [0.25, 0.3) is 0 Å². The zero-order valence-electron chi connectivity index (χ0n) is 22.1. The van der Waals surface area contributed by atoms with E-state index in [-0.39, 0.29) is 37.2 Å². The van der Waals surface area contributed by atoms with Gasteiger partial charge in [0.15, 0.2) is 17.0 Å². The van der Waals surface area contributed by atoms with E-state index < -0.39 is 12.0 Å². The predicted octanol–water partition coefficient (Wildman–Crippen LogP) is 3.77. The zero-order valence-corrected chi connectivity index (χ0v) is 22.1. The number of imidazole rings is 1. The van der Waals surface area contributed by atoms with Crippen molar-refractivity contribution < 1.29 is 19.1 Å². The minimum atomic E-state index is -0.722. The molecule has 2 fully saturated rings. The van der Waals surface area contributed by atoms with Crippen molar-refractivity contribution in [3.63, 3.8) is 0 Å². The van der Waals surface area contributed by atoms with Crippen molar-refractivity contribution in [1.29, 1.82) is 0 Å². The largest absolute Gasteiger partial charge is 0.459 e. The van der Waals surface area contributed by atoms with Crippen LogP contribution >= 0.6 is 0 Å². The van der Waals surface area contributed by atoms with E-state index in [4.69, 9.17) is 9.47 Å². The van der Waals surface area contributed by atoms with Crippen LogP contribution in [0.15, 0.2) is 43.0 Å². The molecular formula is C28H36N6O4. The van der Waals surface area contributed by atoms with E-state index in [2.05, 4.69) is 20.3 Å². The third kappa shape index (κ3) is 6.30. The van der Waals surface area contributed by atoms with E-state index in [0.717, 1.165) is 44.3 Å². The second kappa shape index (κ2) is 11.9. The standard InChI is InChI=1S/C28H36N6O4/c1-19(2)14-22(28(36)38-16-20-8-4-3-5-9-20)32-23(35)15-33(21-11-12-21)26-25-27(30-17-29-26)34(18-31-25)24-10-6-7-13-37-24/h3-5,8-9,17-19,21-22,24H,6-7,10-16H2,1-2H3,(H,32,35)/t22-,24?/m0/s1. The van der Waals surface area contributed by atoms with Gasteiger partial charge in [-0.2, -0.15) is 0 Å². The average Bonchev–Trinajstić information content (AvgIpc) is 3.68. The molecule has 10 heteroatoms. The normalized spacial score (nSPS) is 18.3. The number of nitrogens with zero attached hydrogens (tertiary/aromatic N) is 5. The number of hydrogen-bond donors (Lipinski definition) is 1. The smallest absolute Gasteiger partial charge is 0.328 e. The first-order chi connectivity index (χ1) is 18.5. The first-order valence-electron chi connectivity index (χ1n) is 13.5. The molecule has 0 spiro atoms. The van der Waals surface area contributed by atoms with Crippen molar-refractivity contribution in [1.82, 2.24) is 24.8 Å². The van der Waals surface area contributed by atoms with Crippen LogP contribution in [-0.2, 0) is 25.7 Å². The molecule has 2 aromatic heterocycles. The van der Waals surface area contributed by atoms with Gasteiger partial charge in [-0.15, -0.1) is 0 Å². The lowest BCUT2D eigenvalue weighted by Gasteiger charge is -2.26. The number of carbonyl (C=O) groups is 2. The van der Waals surface area contributed by atoms with Gasteiger partial charge in [0.2, 0.25) is 5.91 Å². The number of hydrogen-bond acceptors (Lipinski definition) is 8. The molecule has 1 aromatic carbocycles. The SMILES string of the molecule is CC(C)C[C@H](NC(=O)CN(c1ncnc2c1ncn2C1CCCCO1)C1CC1)C(=O)OCc1ccccc1. The summed E-state index contributed by atoms with van der Waals surface area (Å²) in [6.07, 6.45) is 8.70. The van der Waals surface area contributed by atoms with Gasteiger partial charge < -0.3 is 19.7 Å². The average molecular weight is 521 g/mol. The second-order valence-electron chi connectivity index (χ2n) is 10.5. The third-order valence-corrected chi connectivity index (χ3v) is 6.93. The monoisotopic (exact) mass is 520 g/mol. The van der Waals surface area contributed by atoms with Gasteiger partial charge in [-0.1, -0.05) is 44.2 Å². The molecule has 3 aromatic rings. The summed E-state index contributed by atoms with van der Waals surface area (Å²) >= 11 is 0. The van der Waals surface area contributed by atoms with Gasteiger partial charge in [0, 0.05) is 12.6 Å². The van der Waals surface area contributed by atoms with Crippen molar-refractivity contribution in [2.24, 2.45) is 5.92 Å². The van der Waals surface area contributed by atoms with Gasteiger partial charge in [-0.05, 0) is 50.0 Å². The Kier molecular flexibility index (Phi) is 8.17. The fourth-order valence-corrected chi connectivity index (χ4v) is 4.88. The van der Waals surface area contributed by atoms with Gasteiger partial charge in [-0.25, -0.2) is 19.7 Å². The number of aromatic nitrogens is 4. The molecule has 1 N–H and O–H groups in total. The Balaban J connectivity index is 1.29. The van der Waals surface area contributed by atoms with Crippen molar-refractivity contribution in [3.05, 3.63) is 48.5 Å². The number of ether oxygens (including phenoxy) is 2. The molecular weight excluding hydrogens is 484 g/mol. The zero-order chi connectivity index (χ0) is 26.5. The molecule has 3 heterocycles. The van der Waals surface area contributed by atoms with Crippen LogP contribution in [0.4, 0.5) is 5.82 Å². The summed E-state index contributed by atoms with van der Waals surface area (Å²) in [7, 11) is 0. The molecule has 1 saturated heterocycles. The molecule has 1 amide bonds. The molecule has 2 aliphatic rings. The highest BCUT2D eigenvalue weighted by Crippen LogP contribution is 2.34. The van der Waals surface area contributed by atoms with E-state index in [0.29, 0.717) is 23.4 Å². The Hall–Kier alpha value is -3.53. The number of benzene rings is 1. The summed E-state index contributed by atoms with van der Waals surface area (Å²) in [6.45, 7) is 5.00. The number of rotatable bonds is 11. The van der Waals surface area contributed by atoms with E-state index >= 15 is 0 Å². The molecule has 0 radical (unpaired) electrons. The predicted molar refractivity (Wildman–Crippen MR) is 142 cm³/mol. The number of anilines is 1. The van der Waals surface area contributed by atoms with Crippen molar-refractivity contribution in [3.8, 4) is 0 Å². The minimum Gasteiger partial charge on any atom is -0.459 e. The molecule has 1 saturated carbocycles. The third-order valence-electron chi connectivity index (χ3n) is 6.93. The van der Waals surface area contributed by atoms with E-state index in [1.807, 2.05) is 53.6 Å². The fourth-order valence-electron chi connectivity index (χ4n) is 4.88. The van der Waals surface area contributed by atoms with Gasteiger partial charge in [0.05, 0.1) is 12.9 Å². The summed E-state index contributed by atoms with van der Waals surface area (Å²) in [5.74, 6) is 0.163.